The van der Waals surface area contributed by atoms with Crippen molar-refractivity contribution in [3.8, 4) is 0 Å². The summed E-state index contributed by atoms with van der Waals surface area (Å²) in [5, 5.41) is 3.83. The highest BCUT2D eigenvalue weighted by atomic mass is 16.5. The van der Waals surface area contributed by atoms with Crippen molar-refractivity contribution in [2.24, 2.45) is 0 Å². The molecule has 1 N–H and O–H groups in total. The molecule has 2 aliphatic rings. The van der Waals surface area contributed by atoms with Gasteiger partial charge in [-0.3, -0.25) is 9.78 Å². The van der Waals surface area contributed by atoms with E-state index in [1.54, 1.807) is 6.92 Å². The highest BCUT2D eigenvalue weighted by molar-refractivity contribution is 6.05. The quantitative estimate of drug-likeness (QED) is 0.640. The number of hydrogen-bond donors (Lipinski definition) is 1. The van der Waals surface area contributed by atoms with E-state index >= 15 is 0 Å². The minimum absolute atomic E-state index is 0.204. The maximum Gasteiger partial charge on any atom is 0.339 e. The van der Waals surface area contributed by atoms with Crippen LogP contribution in [0.2, 0.25) is 0 Å². The number of rotatable bonds is 4. The Morgan fingerprint density at radius 3 is 2.64 bits per heavy atom. The number of esters is 1. The van der Waals surface area contributed by atoms with Gasteiger partial charge in [0.15, 0.2) is 6.10 Å². The minimum atomic E-state index is -0.804. The van der Waals surface area contributed by atoms with Gasteiger partial charge in [0.25, 0.3) is 5.91 Å². The van der Waals surface area contributed by atoms with Gasteiger partial charge in [-0.15, -0.1) is 0 Å². The summed E-state index contributed by atoms with van der Waals surface area (Å²) < 4.78 is 5.64. The van der Waals surface area contributed by atoms with Gasteiger partial charge in [0, 0.05) is 17.1 Å². The van der Waals surface area contributed by atoms with Gasteiger partial charge >= 0.3 is 5.97 Å². The molecule has 5 nitrogen and oxygen atoms in total. The van der Waals surface area contributed by atoms with Crippen molar-refractivity contribution in [2.75, 3.05) is 0 Å². The van der Waals surface area contributed by atoms with Crippen LogP contribution in [-0.2, 0) is 22.4 Å². The molecule has 4 rings (SSSR count). The van der Waals surface area contributed by atoms with Crippen LogP contribution in [0.3, 0.4) is 0 Å². The lowest BCUT2D eigenvalue weighted by Crippen LogP contribution is -2.41. The molecule has 1 aromatic carbocycles. The van der Waals surface area contributed by atoms with Gasteiger partial charge in [-0.2, -0.15) is 0 Å². The summed E-state index contributed by atoms with van der Waals surface area (Å²) in [5.41, 5.74) is 3.43. The molecular weight excluding hydrogens is 352 g/mol. The van der Waals surface area contributed by atoms with Crippen LogP contribution in [0.25, 0.3) is 10.9 Å². The van der Waals surface area contributed by atoms with Crippen molar-refractivity contribution in [2.45, 2.75) is 76.9 Å². The van der Waals surface area contributed by atoms with Crippen LogP contribution in [-0.4, -0.2) is 29.0 Å². The number of fused-ring (bicyclic) bond motifs is 2. The Morgan fingerprint density at radius 2 is 1.82 bits per heavy atom. The number of ether oxygens (including phenoxy) is 1. The first kappa shape index (κ1) is 18.9. The molecule has 148 valence electrons. The molecule has 1 amide bonds. The summed E-state index contributed by atoms with van der Waals surface area (Å²) in [6.07, 6.45) is 8.51. The molecule has 1 fully saturated rings. The fraction of sp³-hybridized carbons (Fsp3) is 0.522. The Labute approximate surface area is 165 Å². The largest absolute Gasteiger partial charge is 0.449 e. The van der Waals surface area contributed by atoms with Crippen LogP contribution in [0.4, 0.5) is 0 Å². The number of hydrogen-bond acceptors (Lipinski definition) is 4. The fourth-order valence-electron chi connectivity index (χ4n) is 4.44. The Hall–Kier alpha value is -2.43. The molecule has 0 aliphatic heterocycles. The zero-order valence-electron chi connectivity index (χ0n) is 16.5. The number of nitrogens with one attached hydrogen (secondary N) is 1. The van der Waals surface area contributed by atoms with Crippen molar-refractivity contribution in [1.29, 1.82) is 0 Å². The van der Waals surface area contributed by atoms with Crippen molar-refractivity contribution in [1.82, 2.24) is 10.3 Å². The summed E-state index contributed by atoms with van der Waals surface area (Å²) in [6, 6.07) is 7.93. The van der Waals surface area contributed by atoms with E-state index in [-0.39, 0.29) is 11.9 Å². The molecule has 0 bridgehead atoms. The molecular formula is C23H28N2O3. The average Bonchev–Trinajstić information content (AvgIpc) is 3.09. The van der Waals surface area contributed by atoms with Crippen LogP contribution in [0.1, 0.15) is 73.5 Å². The number of aryl methyl sites for hydroxylation is 1. The van der Waals surface area contributed by atoms with Crippen molar-refractivity contribution < 1.29 is 14.3 Å². The second-order valence-electron chi connectivity index (χ2n) is 8.03. The van der Waals surface area contributed by atoms with E-state index in [4.69, 9.17) is 9.72 Å². The molecule has 1 unspecified atom stereocenters. The third-order valence-corrected chi connectivity index (χ3v) is 5.98. The topological polar surface area (TPSA) is 68.3 Å². The molecule has 0 saturated heterocycles. The summed E-state index contributed by atoms with van der Waals surface area (Å²) in [7, 11) is 0. The lowest BCUT2D eigenvalue weighted by molar-refractivity contribution is -0.129. The summed E-state index contributed by atoms with van der Waals surface area (Å²) in [5.74, 6) is -0.615. The van der Waals surface area contributed by atoms with Crippen molar-refractivity contribution in [3.05, 3.63) is 41.1 Å². The van der Waals surface area contributed by atoms with Gasteiger partial charge in [-0.05, 0) is 57.1 Å². The van der Waals surface area contributed by atoms with Gasteiger partial charge in [-0.1, -0.05) is 37.5 Å². The number of para-hydroxylation sites is 1. The number of amides is 1. The van der Waals surface area contributed by atoms with Crippen LogP contribution in [0, 0.1) is 0 Å². The molecule has 1 atom stereocenters. The van der Waals surface area contributed by atoms with Gasteiger partial charge in [0.1, 0.15) is 0 Å². The Bertz CT molecular complexity index is 887. The maximum absolute atomic E-state index is 13.2. The number of nitrogens with zero attached hydrogens (tertiary/aromatic N) is 1. The van der Waals surface area contributed by atoms with Gasteiger partial charge in [-0.25, -0.2) is 4.79 Å². The summed E-state index contributed by atoms with van der Waals surface area (Å²) in [6.45, 7) is 1.66. The van der Waals surface area contributed by atoms with Crippen LogP contribution >= 0.6 is 0 Å². The van der Waals surface area contributed by atoms with E-state index in [1.165, 1.54) is 0 Å². The highest BCUT2D eigenvalue weighted by Gasteiger charge is 2.27. The van der Waals surface area contributed by atoms with Crippen LogP contribution in [0.15, 0.2) is 24.3 Å². The molecule has 28 heavy (non-hydrogen) atoms. The van der Waals surface area contributed by atoms with E-state index in [1.807, 2.05) is 24.3 Å². The molecule has 2 aliphatic carbocycles. The Morgan fingerprint density at radius 1 is 1.07 bits per heavy atom. The normalized spacial score (nSPS) is 18.3. The predicted octanol–water partition coefficient (Wildman–Crippen LogP) is 4.11. The average molecular weight is 380 g/mol. The Balaban J connectivity index is 1.61. The number of carbonyl (C=O) groups is 2. The zero-order chi connectivity index (χ0) is 19.5. The summed E-state index contributed by atoms with van der Waals surface area (Å²) in [4.78, 5) is 30.5. The first-order valence-corrected chi connectivity index (χ1v) is 10.6. The van der Waals surface area contributed by atoms with E-state index in [0.29, 0.717) is 5.56 Å². The van der Waals surface area contributed by atoms with Crippen LogP contribution in [0.5, 0.6) is 0 Å². The lowest BCUT2D eigenvalue weighted by Gasteiger charge is -2.19. The number of carbonyl (C=O) groups excluding carboxylic acids is 2. The van der Waals surface area contributed by atoms with Gasteiger partial charge in [0.05, 0.1) is 11.1 Å². The second-order valence-corrected chi connectivity index (χ2v) is 8.03. The number of pyridine rings is 1. The first-order chi connectivity index (χ1) is 13.6. The smallest absolute Gasteiger partial charge is 0.339 e. The molecule has 1 aromatic heterocycles. The highest BCUT2D eigenvalue weighted by Crippen LogP contribution is 2.29. The molecule has 1 heterocycles. The lowest BCUT2D eigenvalue weighted by atomic mass is 9.97. The number of aromatic nitrogens is 1. The minimum Gasteiger partial charge on any atom is -0.449 e. The zero-order valence-corrected chi connectivity index (χ0v) is 16.5. The molecule has 0 spiro atoms. The molecule has 2 aromatic rings. The second kappa shape index (κ2) is 8.29. The fourth-order valence-corrected chi connectivity index (χ4v) is 4.44. The van der Waals surface area contributed by atoms with Crippen LogP contribution < -0.4 is 5.32 Å². The maximum atomic E-state index is 13.2. The van der Waals surface area contributed by atoms with Gasteiger partial charge in [0.2, 0.25) is 0 Å². The van der Waals surface area contributed by atoms with Gasteiger partial charge < -0.3 is 10.1 Å². The van der Waals surface area contributed by atoms with E-state index in [0.717, 1.165) is 79.9 Å². The molecule has 0 radical (unpaired) electrons. The van der Waals surface area contributed by atoms with E-state index < -0.39 is 12.1 Å². The summed E-state index contributed by atoms with van der Waals surface area (Å²) >= 11 is 0. The first-order valence-electron chi connectivity index (χ1n) is 10.6. The van der Waals surface area contributed by atoms with Crippen molar-refractivity contribution >= 4 is 22.8 Å². The standard InChI is InChI=1S/C23H28N2O3/c1-15(22(26)24-16-9-5-6-10-16)28-23(27)21-17-11-3-2-4-13-19(17)25-20-14-8-7-12-18(20)21/h7-8,12,14-16H,2-6,9-11,13H2,1H3,(H,24,26). The third-order valence-electron chi connectivity index (χ3n) is 5.98. The number of benzene rings is 1. The van der Waals surface area contributed by atoms with E-state index in [9.17, 15) is 9.59 Å². The predicted molar refractivity (Wildman–Crippen MR) is 108 cm³/mol. The van der Waals surface area contributed by atoms with Crippen molar-refractivity contribution in [3.63, 3.8) is 0 Å². The van der Waals surface area contributed by atoms with E-state index in [2.05, 4.69) is 5.32 Å². The monoisotopic (exact) mass is 380 g/mol. The Kier molecular flexibility index (Phi) is 5.60. The third kappa shape index (κ3) is 3.89. The SMILES string of the molecule is CC(OC(=O)c1c2c(nc3ccccc13)CCCCC2)C(=O)NC1CCCC1. The molecule has 1 saturated carbocycles. The molecule has 5 heteroatoms.